The fourth-order valence-corrected chi connectivity index (χ4v) is 2.87. The highest BCUT2D eigenvalue weighted by Gasteiger charge is 2.15. The molecule has 0 radical (unpaired) electrons. The van der Waals surface area contributed by atoms with Crippen molar-refractivity contribution in [2.45, 2.75) is 13.5 Å². The number of hydrogen-bond acceptors (Lipinski definition) is 5. The molecule has 0 aliphatic carbocycles. The van der Waals surface area contributed by atoms with E-state index in [9.17, 15) is 14.0 Å². The van der Waals surface area contributed by atoms with Gasteiger partial charge in [0.05, 0.1) is 13.1 Å². The van der Waals surface area contributed by atoms with E-state index in [1.807, 2.05) is 6.92 Å². The molecule has 0 saturated carbocycles. The van der Waals surface area contributed by atoms with Gasteiger partial charge in [0.15, 0.2) is 11.5 Å². The van der Waals surface area contributed by atoms with Crippen molar-refractivity contribution in [1.82, 2.24) is 10.2 Å². The van der Waals surface area contributed by atoms with E-state index in [1.165, 1.54) is 12.1 Å². The van der Waals surface area contributed by atoms with Crippen molar-refractivity contribution >= 4 is 17.5 Å². The number of carbonyl (C=O) groups is 2. The van der Waals surface area contributed by atoms with Crippen LogP contribution in [0.25, 0.3) is 0 Å². The van der Waals surface area contributed by atoms with E-state index < -0.39 is 0 Å². The smallest absolute Gasteiger partial charge is 0.238 e. The Balaban J connectivity index is 1.46. The van der Waals surface area contributed by atoms with Crippen molar-refractivity contribution in [3.8, 4) is 11.5 Å². The number of rotatable bonds is 8. The fraction of sp³-hybridized carbons (Fsp3) is 0.333. The molecule has 7 nitrogen and oxygen atoms in total. The summed E-state index contributed by atoms with van der Waals surface area (Å²) in [4.78, 5) is 26.2. The molecule has 29 heavy (non-hydrogen) atoms. The van der Waals surface area contributed by atoms with Crippen LogP contribution >= 0.6 is 0 Å². The van der Waals surface area contributed by atoms with Gasteiger partial charge in [0.2, 0.25) is 11.8 Å². The van der Waals surface area contributed by atoms with E-state index in [-0.39, 0.29) is 30.7 Å². The van der Waals surface area contributed by atoms with Gasteiger partial charge in [0, 0.05) is 18.3 Å². The number of nitrogens with one attached hydrogen (secondary N) is 2. The zero-order valence-electron chi connectivity index (χ0n) is 16.2. The lowest BCUT2D eigenvalue weighted by Gasteiger charge is -2.21. The minimum absolute atomic E-state index is 0.0783. The molecule has 0 atom stereocenters. The molecule has 2 aromatic carbocycles. The normalized spacial score (nSPS) is 12.5. The molecule has 3 rings (SSSR count). The fourth-order valence-electron chi connectivity index (χ4n) is 2.87. The minimum Gasteiger partial charge on any atom is -0.486 e. The van der Waals surface area contributed by atoms with Gasteiger partial charge in [-0.1, -0.05) is 19.1 Å². The number of carbonyl (C=O) groups excluding carboxylic acids is 2. The molecule has 0 aromatic heterocycles. The third-order valence-corrected chi connectivity index (χ3v) is 4.41. The Morgan fingerprint density at radius 1 is 1.00 bits per heavy atom. The van der Waals surface area contributed by atoms with Crippen molar-refractivity contribution in [2.24, 2.45) is 0 Å². The van der Waals surface area contributed by atoms with Crippen molar-refractivity contribution < 1.29 is 23.5 Å². The molecule has 2 N–H and O–H groups in total. The van der Waals surface area contributed by atoms with Gasteiger partial charge in [-0.3, -0.25) is 14.5 Å². The standard InChI is InChI=1S/C21H24FN3O4/c1-2-25(13-20(26)23-12-15-3-5-16(22)6-4-15)14-21(27)24-17-7-8-18-19(11-17)29-10-9-28-18/h3-8,11H,2,9-10,12-14H2,1H3,(H,23,26)(H,24,27). The Hall–Kier alpha value is -3.13. The summed E-state index contributed by atoms with van der Waals surface area (Å²) in [5.74, 6) is 0.503. The maximum atomic E-state index is 12.9. The van der Waals surface area contributed by atoms with Crippen LogP contribution < -0.4 is 20.1 Å². The number of nitrogens with zero attached hydrogens (tertiary/aromatic N) is 1. The Labute approximate surface area is 168 Å². The maximum Gasteiger partial charge on any atom is 0.238 e. The number of halogens is 1. The van der Waals surface area contributed by atoms with Gasteiger partial charge in [-0.15, -0.1) is 0 Å². The Morgan fingerprint density at radius 2 is 1.69 bits per heavy atom. The first kappa shape index (κ1) is 20.6. The molecular weight excluding hydrogens is 377 g/mol. The average Bonchev–Trinajstić information content (AvgIpc) is 2.72. The molecule has 0 unspecified atom stereocenters. The molecule has 0 bridgehead atoms. The number of likely N-dealkylation sites (N-methyl/N-ethyl adjacent to an activating group) is 1. The summed E-state index contributed by atoms with van der Waals surface area (Å²) in [6.07, 6.45) is 0. The van der Waals surface area contributed by atoms with Crippen LogP contribution in [0.5, 0.6) is 11.5 Å². The summed E-state index contributed by atoms with van der Waals surface area (Å²) >= 11 is 0. The summed E-state index contributed by atoms with van der Waals surface area (Å²) in [6, 6.07) is 11.2. The van der Waals surface area contributed by atoms with Gasteiger partial charge in [-0.25, -0.2) is 4.39 Å². The van der Waals surface area contributed by atoms with E-state index in [1.54, 1.807) is 35.2 Å². The molecule has 8 heteroatoms. The molecule has 0 fully saturated rings. The number of amides is 2. The highest BCUT2D eigenvalue weighted by atomic mass is 19.1. The first-order valence-corrected chi connectivity index (χ1v) is 9.46. The van der Waals surface area contributed by atoms with Crippen molar-refractivity contribution in [3.05, 3.63) is 53.8 Å². The maximum absolute atomic E-state index is 12.9. The monoisotopic (exact) mass is 401 g/mol. The first-order valence-electron chi connectivity index (χ1n) is 9.46. The molecule has 154 valence electrons. The van der Waals surface area contributed by atoms with Crippen LogP contribution in [0.2, 0.25) is 0 Å². The van der Waals surface area contributed by atoms with Gasteiger partial charge in [-0.05, 0) is 36.4 Å². The van der Waals surface area contributed by atoms with Crippen LogP contribution in [0, 0.1) is 5.82 Å². The number of fused-ring (bicyclic) bond motifs is 1. The lowest BCUT2D eigenvalue weighted by Crippen LogP contribution is -2.40. The average molecular weight is 401 g/mol. The largest absolute Gasteiger partial charge is 0.486 e. The minimum atomic E-state index is -0.318. The van der Waals surface area contributed by atoms with E-state index in [0.717, 1.165) is 5.56 Å². The SMILES string of the molecule is CCN(CC(=O)NCc1ccc(F)cc1)CC(=O)Nc1ccc2c(c1)OCCO2. The summed E-state index contributed by atoms with van der Waals surface area (Å²) in [7, 11) is 0. The molecule has 1 aliphatic rings. The van der Waals surface area contributed by atoms with Crippen LogP contribution in [-0.2, 0) is 16.1 Å². The zero-order chi connectivity index (χ0) is 20.6. The lowest BCUT2D eigenvalue weighted by atomic mass is 10.2. The number of hydrogen-bond donors (Lipinski definition) is 2. The van der Waals surface area contributed by atoms with E-state index in [2.05, 4.69) is 10.6 Å². The second-order valence-electron chi connectivity index (χ2n) is 6.61. The number of anilines is 1. The molecule has 1 aliphatic heterocycles. The van der Waals surface area contributed by atoms with Crippen LogP contribution in [0.4, 0.5) is 10.1 Å². The van der Waals surface area contributed by atoms with Crippen LogP contribution in [0.3, 0.4) is 0 Å². The van der Waals surface area contributed by atoms with Crippen LogP contribution in [-0.4, -0.2) is 49.6 Å². The quantitative estimate of drug-likeness (QED) is 0.709. The summed E-state index contributed by atoms with van der Waals surface area (Å²) in [6.45, 7) is 3.87. The molecule has 0 spiro atoms. The third-order valence-electron chi connectivity index (χ3n) is 4.41. The van der Waals surface area contributed by atoms with Gasteiger partial charge in [-0.2, -0.15) is 0 Å². The van der Waals surface area contributed by atoms with E-state index >= 15 is 0 Å². The van der Waals surface area contributed by atoms with Gasteiger partial charge in [0.1, 0.15) is 19.0 Å². The number of ether oxygens (including phenoxy) is 2. The van der Waals surface area contributed by atoms with Crippen LogP contribution in [0.15, 0.2) is 42.5 Å². The summed E-state index contributed by atoms with van der Waals surface area (Å²) in [5.41, 5.74) is 1.41. The summed E-state index contributed by atoms with van der Waals surface area (Å²) in [5, 5.41) is 5.58. The van der Waals surface area contributed by atoms with Gasteiger partial charge >= 0.3 is 0 Å². The second kappa shape index (κ2) is 9.88. The highest BCUT2D eigenvalue weighted by Crippen LogP contribution is 2.32. The Kier molecular flexibility index (Phi) is 7.02. The van der Waals surface area contributed by atoms with Crippen molar-refractivity contribution in [1.29, 1.82) is 0 Å². The van der Waals surface area contributed by atoms with Crippen molar-refractivity contribution in [3.63, 3.8) is 0 Å². The number of benzene rings is 2. The molecular formula is C21H24FN3O4. The second-order valence-corrected chi connectivity index (χ2v) is 6.61. The molecule has 1 heterocycles. The van der Waals surface area contributed by atoms with Crippen LogP contribution in [0.1, 0.15) is 12.5 Å². The van der Waals surface area contributed by atoms with Gasteiger partial charge < -0.3 is 20.1 Å². The zero-order valence-corrected chi connectivity index (χ0v) is 16.2. The highest BCUT2D eigenvalue weighted by molar-refractivity contribution is 5.93. The Morgan fingerprint density at radius 3 is 2.41 bits per heavy atom. The predicted molar refractivity (Wildman–Crippen MR) is 106 cm³/mol. The topological polar surface area (TPSA) is 79.9 Å². The summed E-state index contributed by atoms with van der Waals surface area (Å²) < 4.78 is 23.9. The molecule has 0 saturated heterocycles. The predicted octanol–water partition coefficient (Wildman–Crippen LogP) is 2.17. The Bertz CT molecular complexity index is 858. The lowest BCUT2D eigenvalue weighted by molar-refractivity contribution is -0.123. The van der Waals surface area contributed by atoms with Gasteiger partial charge in [0.25, 0.3) is 0 Å². The molecule has 2 aromatic rings. The van der Waals surface area contributed by atoms with Crippen molar-refractivity contribution in [2.75, 3.05) is 38.2 Å². The third kappa shape index (κ3) is 6.18. The van der Waals surface area contributed by atoms with E-state index in [4.69, 9.17) is 9.47 Å². The first-order chi connectivity index (χ1) is 14.0. The van der Waals surface area contributed by atoms with E-state index in [0.29, 0.717) is 43.5 Å². The molecule has 2 amide bonds.